The molecule has 2 aliphatic rings. The zero-order valence-corrected chi connectivity index (χ0v) is 21.1. The minimum Gasteiger partial charge on any atom is -0.367 e. The van der Waals surface area contributed by atoms with Gasteiger partial charge in [0.05, 0.1) is 6.04 Å². The summed E-state index contributed by atoms with van der Waals surface area (Å²) in [5.41, 5.74) is 3.69. The summed E-state index contributed by atoms with van der Waals surface area (Å²) in [6.07, 6.45) is 32.4. The Bertz CT molecular complexity index is 815. The fraction of sp³-hybridized carbons (Fsp3) is 0.438. The van der Waals surface area contributed by atoms with Crippen LogP contribution in [0.5, 0.6) is 0 Å². The second kappa shape index (κ2) is 14.6. The molecule has 0 saturated carbocycles. The van der Waals surface area contributed by atoms with Gasteiger partial charge in [-0.05, 0) is 73.5 Å². The Hall–Kier alpha value is -2.54. The molecule has 4 atom stereocenters. The van der Waals surface area contributed by atoms with E-state index in [1.54, 1.807) is 0 Å². The van der Waals surface area contributed by atoms with Gasteiger partial charge in [0.25, 0.3) is 0 Å². The average Bonchev–Trinajstić information content (AvgIpc) is 2.92. The maximum Gasteiger partial charge on any atom is 0.0502 e. The minimum absolute atomic E-state index is 0.388. The Morgan fingerprint density at radius 3 is 2.70 bits per heavy atom. The first-order chi connectivity index (χ1) is 16.1. The highest BCUT2D eigenvalue weighted by atomic mass is 15.1. The van der Waals surface area contributed by atoms with E-state index in [0.29, 0.717) is 23.8 Å². The number of rotatable bonds is 12. The fourth-order valence-electron chi connectivity index (χ4n) is 5.01. The van der Waals surface area contributed by atoms with Crippen molar-refractivity contribution >= 4 is 0 Å². The maximum absolute atomic E-state index is 4.24. The summed E-state index contributed by atoms with van der Waals surface area (Å²) in [5.74, 6) is 1.70. The topological polar surface area (TPSA) is 3.24 Å². The van der Waals surface area contributed by atoms with E-state index in [4.69, 9.17) is 0 Å². The summed E-state index contributed by atoms with van der Waals surface area (Å²) in [6, 6.07) is 0.388. The summed E-state index contributed by atoms with van der Waals surface area (Å²) in [5, 5.41) is 0. The van der Waals surface area contributed by atoms with Gasteiger partial charge in [-0.2, -0.15) is 0 Å². The van der Waals surface area contributed by atoms with Crippen LogP contribution < -0.4 is 0 Å². The second-order valence-electron chi connectivity index (χ2n) is 9.29. The lowest BCUT2D eigenvalue weighted by Gasteiger charge is -2.39. The third-order valence-electron chi connectivity index (χ3n) is 6.87. The van der Waals surface area contributed by atoms with Crippen LogP contribution in [0.2, 0.25) is 0 Å². The van der Waals surface area contributed by atoms with Crippen molar-refractivity contribution in [2.75, 3.05) is 6.54 Å². The van der Waals surface area contributed by atoms with Crippen molar-refractivity contribution in [2.24, 2.45) is 17.8 Å². The van der Waals surface area contributed by atoms with E-state index >= 15 is 0 Å². The van der Waals surface area contributed by atoms with Crippen molar-refractivity contribution < 1.29 is 0 Å². The molecule has 0 aromatic heterocycles. The molecule has 1 nitrogen and oxygen atoms in total. The van der Waals surface area contributed by atoms with Crippen LogP contribution in [-0.4, -0.2) is 17.5 Å². The van der Waals surface area contributed by atoms with E-state index in [1.165, 1.54) is 30.4 Å². The van der Waals surface area contributed by atoms with Gasteiger partial charge in [0.1, 0.15) is 0 Å². The summed E-state index contributed by atoms with van der Waals surface area (Å²) >= 11 is 0. The molecule has 2 rings (SSSR count). The molecule has 0 spiro atoms. The van der Waals surface area contributed by atoms with Gasteiger partial charge in [0, 0.05) is 12.7 Å². The van der Waals surface area contributed by atoms with Gasteiger partial charge in [-0.15, -0.1) is 13.2 Å². The molecule has 0 fully saturated rings. The lowest BCUT2D eigenvalue weighted by atomic mass is 9.74. The Balaban J connectivity index is 2.37. The van der Waals surface area contributed by atoms with E-state index in [0.717, 1.165) is 37.8 Å². The van der Waals surface area contributed by atoms with E-state index < -0.39 is 0 Å². The van der Waals surface area contributed by atoms with Crippen molar-refractivity contribution in [1.29, 1.82) is 0 Å². The van der Waals surface area contributed by atoms with Crippen LogP contribution in [0.1, 0.15) is 58.8 Å². The highest BCUT2D eigenvalue weighted by molar-refractivity contribution is 5.46. The van der Waals surface area contributed by atoms with Crippen LogP contribution in [0.25, 0.3) is 0 Å². The average molecular weight is 444 g/mol. The fourth-order valence-corrected chi connectivity index (χ4v) is 5.01. The third-order valence-corrected chi connectivity index (χ3v) is 6.87. The molecule has 0 N–H and O–H groups in total. The van der Waals surface area contributed by atoms with Crippen molar-refractivity contribution in [3.05, 3.63) is 110 Å². The zero-order chi connectivity index (χ0) is 24.1. The number of hydrogen-bond donors (Lipinski definition) is 0. The predicted molar refractivity (Wildman–Crippen MR) is 148 cm³/mol. The monoisotopic (exact) mass is 443 g/mol. The van der Waals surface area contributed by atoms with Crippen LogP contribution in [0, 0.1) is 17.8 Å². The summed E-state index contributed by atoms with van der Waals surface area (Å²) in [4.78, 5) is 2.49. The van der Waals surface area contributed by atoms with E-state index in [1.807, 2.05) is 12.2 Å². The highest BCUT2D eigenvalue weighted by Gasteiger charge is 2.31. The number of fused-ring (bicyclic) bond motifs is 1. The summed E-state index contributed by atoms with van der Waals surface area (Å²) in [7, 11) is 0. The normalized spacial score (nSPS) is 26.8. The first-order valence-electron chi connectivity index (χ1n) is 12.8. The molecule has 1 heteroatoms. The Morgan fingerprint density at radius 2 is 2.03 bits per heavy atom. The number of nitrogens with zero attached hydrogens (tertiary/aromatic N) is 1. The standard InChI is InChI=1S/C32H45N/c1-7-12-16-26(6)22-24-33-23-13-17-29(27(10-4)14-8-2)18-19-31-25-30(20-21-32(31)33)28(11-5)15-9-3/h7,10-11,13-14,17-18,20-22,24,28,30-32H,1,4-6,8-9,12,15-16,19,23,25H2,2-3H3/b17-13-,24-22+,27-14+,29-18+. The van der Waals surface area contributed by atoms with Crippen LogP contribution in [0.15, 0.2) is 110 Å². The van der Waals surface area contributed by atoms with Gasteiger partial charge < -0.3 is 4.90 Å². The Kier molecular flexibility index (Phi) is 11.8. The van der Waals surface area contributed by atoms with Crippen molar-refractivity contribution in [2.45, 2.75) is 64.8 Å². The van der Waals surface area contributed by atoms with Crippen molar-refractivity contribution in [1.82, 2.24) is 4.90 Å². The molecule has 0 radical (unpaired) electrons. The molecule has 0 aromatic rings. The van der Waals surface area contributed by atoms with E-state index in [-0.39, 0.29) is 0 Å². The molecule has 33 heavy (non-hydrogen) atoms. The maximum atomic E-state index is 4.24. The molecule has 1 aliphatic carbocycles. The predicted octanol–water partition coefficient (Wildman–Crippen LogP) is 8.90. The van der Waals surface area contributed by atoms with Crippen molar-refractivity contribution in [3.8, 4) is 0 Å². The van der Waals surface area contributed by atoms with Gasteiger partial charge in [0.2, 0.25) is 0 Å². The van der Waals surface area contributed by atoms with Crippen LogP contribution in [0.3, 0.4) is 0 Å². The van der Waals surface area contributed by atoms with Gasteiger partial charge in [0.15, 0.2) is 0 Å². The number of allylic oxidation sites excluding steroid dienone is 11. The van der Waals surface area contributed by atoms with E-state index in [2.05, 4.69) is 99.9 Å². The first kappa shape index (κ1) is 26.7. The first-order valence-corrected chi connectivity index (χ1v) is 12.8. The number of hydrogen-bond acceptors (Lipinski definition) is 1. The van der Waals surface area contributed by atoms with Gasteiger partial charge in [-0.25, -0.2) is 0 Å². The largest absolute Gasteiger partial charge is 0.367 e. The van der Waals surface area contributed by atoms with Crippen molar-refractivity contribution in [3.63, 3.8) is 0 Å². The highest BCUT2D eigenvalue weighted by Crippen LogP contribution is 2.37. The zero-order valence-electron chi connectivity index (χ0n) is 21.1. The van der Waals surface area contributed by atoms with Crippen LogP contribution in [0.4, 0.5) is 0 Å². The molecule has 0 aromatic carbocycles. The molecule has 0 saturated heterocycles. The van der Waals surface area contributed by atoms with Gasteiger partial charge >= 0.3 is 0 Å². The van der Waals surface area contributed by atoms with E-state index in [9.17, 15) is 0 Å². The molecule has 0 amide bonds. The minimum atomic E-state index is 0.388. The Labute approximate surface area is 204 Å². The lowest BCUT2D eigenvalue weighted by molar-refractivity contribution is 0.206. The lowest BCUT2D eigenvalue weighted by Crippen LogP contribution is -2.39. The van der Waals surface area contributed by atoms with Gasteiger partial charge in [-0.1, -0.05) is 93.7 Å². The molecule has 178 valence electrons. The molecule has 1 heterocycles. The molecule has 4 unspecified atom stereocenters. The second-order valence-corrected chi connectivity index (χ2v) is 9.29. The molecule has 1 aliphatic heterocycles. The van der Waals surface area contributed by atoms with Crippen LogP contribution in [-0.2, 0) is 0 Å². The van der Waals surface area contributed by atoms with Crippen LogP contribution >= 0.6 is 0 Å². The smallest absolute Gasteiger partial charge is 0.0502 e. The van der Waals surface area contributed by atoms with Gasteiger partial charge in [-0.3, -0.25) is 0 Å². The molecular weight excluding hydrogens is 398 g/mol. The molecule has 0 bridgehead atoms. The molecular formula is C32H45N. The quantitative estimate of drug-likeness (QED) is 0.215. The summed E-state index contributed by atoms with van der Waals surface area (Å²) < 4.78 is 0. The SMILES string of the molecule is C=CCCC(=C)/C=C/N1C\C=C/C(C(/C=C)=C/CC)=C\CC2CC(C(C=C)CCC)C=CC21. The summed E-state index contributed by atoms with van der Waals surface area (Å²) in [6.45, 7) is 21.6. The third kappa shape index (κ3) is 8.07. The Morgan fingerprint density at radius 1 is 1.21 bits per heavy atom.